The van der Waals surface area contributed by atoms with Gasteiger partial charge in [-0.3, -0.25) is 9.59 Å². The second-order valence-corrected chi connectivity index (χ2v) is 4.53. The van der Waals surface area contributed by atoms with Gasteiger partial charge in [-0.1, -0.05) is 0 Å². The molecule has 1 aromatic carbocycles. The Bertz CT molecular complexity index is 556. The molecule has 0 saturated heterocycles. The standard InChI is InChI=1S/C12H6F4O2/c13-9-7-3-1-5(17)4(2-6(3)18)8(7)10(14)12(16)11(9)15/h3-4H,1-2H2. The van der Waals surface area contributed by atoms with Crippen LogP contribution >= 0.6 is 0 Å². The van der Waals surface area contributed by atoms with Crippen molar-refractivity contribution in [3.8, 4) is 0 Å². The number of halogens is 4. The molecule has 1 aromatic rings. The van der Waals surface area contributed by atoms with Crippen LogP contribution in [0.15, 0.2) is 0 Å². The Morgan fingerprint density at radius 3 is 1.33 bits per heavy atom. The number of Topliss-reactive ketones (excluding diaryl/α,β-unsaturated/α-hetero) is 2. The number of carbonyl (C=O) groups excluding carboxylic acids is 2. The third-order valence-electron chi connectivity index (χ3n) is 3.63. The predicted molar refractivity (Wildman–Crippen MR) is 51.0 cm³/mol. The smallest absolute Gasteiger partial charge is 0.197 e. The summed E-state index contributed by atoms with van der Waals surface area (Å²) in [6.07, 6.45) is -0.532. The van der Waals surface area contributed by atoms with Gasteiger partial charge in [0.05, 0.1) is 11.8 Å². The Kier molecular flexibility index (Phi) is 2.15. The van der Waals surface area contributed by atoms with Gasteiger partial charge in [0.2, 0.25) is 0 Å². The van der Waals surface area contributed by atoms with Gasteiger partial charge in [0.1, 0.15) is 11.6 Å². The van der Waals surface area contributed by atoms with Crippen LogP contribution in [0.2, 0.25) is 0 Å². The first kappa shape index (κ1) is 11.4. The molecule has 0 N–H and O–H groups in total. The Hall–Kier alpha value is -1.72. The monoisotopic (exact) mass is 258 g/mol. The van der Waals surface area contributed by atoms with E-state index < -0.39 is 57.8 Å². The van der Waals surface area contributed by atoms with E-state index in [1.54, 1.807) is 0 Å². The second kappa shape index (κ2) is 3.40. The number of fused-ring (bicyclic) bond motifs is 2. The minimum Gasteiger partial charge on any atom is -0.299 e. The van der Waals surface area contributed by atoms with Crippen molar-refractivity contribution in [2.75, 3.05) is 0 Å². The molecule has 2 atom stereocenters. The summed E-state index contributed by atoms with van der Waals surface area (Å²) in [5.74, 6) is -10.2. The van der Waals surface area contributed by atoms with Gasteiger partial charge < -0.3 is 0 Å². The largest absolute Gasteiger partial charge is 0.299 e. The molecule has 0 amide bonds. The van der Waals surface area contributed by atoms with Crippen LogP contribution in [-0.2, 0) is 9.59 Å². The van der Waals surface area contributed by atoms with Crippen LogP contribution in [0.1, 0.15) is 35.8 Å². The van der Waals surface area contributed by atoms with E-state index in [1.165, 1.54) is 0 Å². The van der Waals surface area contributed by atoms with Crippen molar-refractivity contribution < 1.29 is 27.2 Å². The van der Waals surface area contributed by atoms with E-state index in [1.807, 2.05) is 0 Å². The van der Waals surface area contributed by atoms with Crippen molar-refractivity contribution in [3.63, 3.8) is 0 Å². The highest BCUT2D eigenvalue weighted by Crippen LogP contribution is 2.48. The molecule has 18 heavy (non-hydrogen) atoms. The quantitative estimate of drug-likeness (QED) is 0.406. The maximum absolute atomic E-state index is 13.6. The van der Waals surface area contributed by atoms with E-state index in [0.717, 1.165) is 0 Å². The third-order valence-corrected chi connectivity index (χ3v) is 3.63. The summed E-state index contributed by atoms with van der Waals surface area (Å²) in [5.41, 5.74) is -0.959. The lowest BCUT2D eigenvalue weighted by molar-refractivity contribution is -0.133. The van der Waals surface area contributed by atoms with Gasteiger partial charge in [-0.05, 0) is 0 Å². The molecule has 3 aliphatic carbocycles. The molecular formula is C12H6F4O2. The van der Waals surface area contributed by atoms with Crippen molar-refractivity contribution in [1.82, 2.24) is 0 Å². The van der Waals surface area contributed by atoms with Gasteiger partial charge in [-0.25, -0.2) is 17.6 Å². The average Bonchev–Trinajstić information content (AvgIpc) is 2.34. The number of hydrogen-bond donors (Lipinski definition) is 0. The summed E-state index contributed by atoms with van der Waals surface area (Å²) in [4.78, 5) is 23.1. The number of carbonyl (C=O) groups is 2. The minimum atomic E-state index is -1.93. The summed E-state index contributed by atoms with van der Waals surface area (Å²) in [5, 5.41) is 0. The maximum Gasteiger partial charge on any atom is 0.197 e. The highest BCUT2D eigenvalue weighted by molar-refractivity contribution is 6.05. The Morgan fingerprint density at radius 2 is 1.00 bits per heavy atom. The van der Waals surface area contributed by atoms with E-state index in [0.29, 0.717) is 0 Å². The molecule has 2 nitrogen and oxygen atoms in total. The molecule has 0 aromatic heterocycles. The maximum atomic E-state index is 13.6. The molecule has 0 spiro atoms. The van der Waals surface area contributed by atoms with Crippen molar-refractivity contribution >= 4 is 11.6 Å². The first-order chi connectivity index (χ1) is 8.43. The van der Waals surface area contributed by atoms with Crippen molar-refractivity contribution in [2.45, 2.75) is 24.7 Å². The van der Waals surface area contributed by atoms with Crippen LogP contribution < -0.4 is 0 Å². The molecule has 0 aliphatic heterocycles. The molecule has 2 unspecified atom stereocenters. The van der Waals surface area contributed by atoms with Crippen molar-refractivity contribution in [2.24, 2.45) is 0 Å². The zero-order valence-electron chi connectivity index (χ0n) is 8.90. The molecule has 3 aliphatic rings. The number of ketones is 2. The summed E-state index contributed by atoms with van der Waals surface area (Å²) >= 11 is 0. The van der Waals surface area contributed by atoms with Crippen molar-refractivity contribution in [1.29, 1.82) is 0 Å². The van der Waals surface area contributed by atoms with Gasteiger partial charge in [-0.2, -0.15) is 0 Å². The first-order valence-corrected chi connectivity index (χ1v) is 5.34. The normalized spacial score (nSPS) is 25.6. The summed E-state index contributed by atoms with van der Waals surface area (Å²) < 4.78 is 53.6. The van der Waals surface area contributed by atoms with Gasteiger partial charge in [0.25, 0.3) is 0 Å². The Labute approximate surface area is 98.6 Å². The van der Waals surface area contributed by atoms with Crippen LogP contribution in [0.4, 0.5) is 17.6 Å². The number of benzene rings is 1. The predicted octanol–water partition coefficient (Wildman–Crippen LogP) is 2.36. The van der Waals surface area contributed by atoms with Crippen LogP contribution in [-0.4, -0.2) is 11.6 Å². The van der Waals surface area contributed by atoms with E-state index in [-0.39, 0.29) is 12.8 Å². The molecule has 6 heteroatoms. The fourth-order valence-corrected chi connectivity index (χ4v) is 2.79. The molecule has 0 heterocycles. The number of hydrogen-bond acceptors (Lipinski definition) is 2. The van der Waals surface area contributed by atoms with Gasteiger partial charge in [0, 0.05) is 24.0 Å². The highest BCUT2D eigenvalue weighted by Gasteiger charge is 2.48. The lowest BCUT2D eigenvalue weighted by Gasteiger charge is -2.36. The van der Waals surface area contributed by atoms with Crippen LogP contribution in [0.5, 0.6) is 0 Å². The van der Waals surface area contributed by atoms with E-state index in [2.05, 4.69) is 0 Å². The lowest BCUT2D eigenvalue weighted by Crippen LogP contribution is -2.38. The average molecular weight is 258 g/mol. The first-order valence-electron chi connectivity index (χ1n) is 5.34. The second-order valence-electron chi connectivity index (χ2n) is 4.53. The molecule has 4 rings (SSSR count). The third kappa shape index (κ3) is 1.18. The topological polar surface area (TPSA) is 34.1 Å². The zero-order chi connectivity index (χ0) is 13.2. The fourth-order valence-electron chi connectivity index (χ4n) is 2.79. The van der Waals surface area contributed by atoms with Crippen LogP contribution in [0, 0.1) is 23.3 Å². The summed E-state index contributed by atoms with van der Waals surface area (Å²) in [7, 11) is 0. The minimum absolute atomic E-state index is 0.266. The highest BCUT2D eigenvalue weighted by atomic mass is 19.2. The van der Waals surface area contributed by atoms with Crippen molar-refractivity contribution in [3.05, 3.63) is 34.4 Å². The summed E-state index contributed by atoms with van der Waals surface area (Å²) in [6.45, 7) is 0. The van der Waals surface area contributed by atoms with Crippen LogP contribution in [0.25, 0.3) is 0 Å². The molecule has 1 saturated carbocycles. The van der Waals surface area contributed by atoms with Gasteiger partial charge in [0.15, 0.2) is 23.3 Å². The lowest BCUT2D eigenvalue weighted by atomic mass is 9.65. The van der Waals surface area contributed by atoms with E-state index in [4.69, 9.17) is 0 Å². The fraction of sp³-hybridized carbons (Fsp3) is 0.333. The van der Waals surface area contributed by atoms with E-state index >= 15 is 0 Å². The molecule has 0 radical (unpaired) electrons. The van der Waals surface area contributed by atoms with Gasteiger partial charge in [-0.15, -0.1) is 0 Å². The van der Waals surface area contributed by atoms with E-state index in [9.17, 15) is 27.2 Å². The van der Waals surface area contributed by atoms with Crippen LogP contribution in [0.3, 0.4) is 0 Å². The summed E-state index contributed by atoms with van der Waals surface area (Å²) in [6, 6.07) is 0. The van der Waals surface area contributed by atoms with Gasteiger partial charge >= 0.3 is 0 Å². The molecule has 1 fully saturated rings. The number of rotatable bonds is 0. The Morgan fingerprint density at radius 1 is 0.667 bits per heavy atom. The SMILES string of the molecule is O=C1CC2C(=O)CC1c1c(F)c(F)c(F)c(F)c12. The molecule has 94 valence electrons. The zero-order valence-corrected chi connectivity index (χ0v) is 8.90. The molecular weight excluding hydrogens is 252 g/mol. The Balaban J connectivity index is 2.40. The molecule has 2 bridgehead atoms.